The second-order valence-electron chi connectivity index (χ2n) is 7.80. The maximum Gasteiger partial charge on any atom is 0.309 e. The van der Waals surface area contributed by atoms with Gasteiger partial charge in [0.05, 0.1) is 18.1 Å². The lowest BCUT2D eigenvalue weighted by molar-refractivity contribution is -0.153. The molecule has 0 aliphatic heterocycles. The number of hydrogen-bond donors (Lipinski definition) is 0. The van der Waals surface area contributed by atoms with E-state index in [1.807, 2.05) is 34.6 Å². The molecule has 2 unspecified atom stereocenters. The van der Waals surface area contributed by atoms with Crippen LogP contribution in [-0.4, -0.2) is 24.1 Å². The van der Waals surface area contributed by atoms with Gasteiger partial charge < -0.3 is 9.47 Å². The van der Waals surface area contributed by atoms with Crippen molar-refractivity contribution in [1.29, 1.82) is 0 Å². The molecule has 4 nitrogen and oxygen atoms in total. The molecule has 0 aromatic carbocycles. The van der Waals surface area contributed by atoms with Gasteiger partial charge in [-0.05, 0) is 46.5 Å². The fraction of sp³-hybridized carbons (Fsp3) is 0.905. The van der Waals surface area contributed by atoms with Gasteiger partial charge in [0, 0.05) is 6.42 Å². The zero-order valence-corrected chi connectivity index (χ0v) is 17.3. The van der Waals surface area contributed by atoms with Crippen LogP contribution in [0.1, 0.15) is 99.3 Å². The predicted octanol–water partition coefficient (Wildman–Crippen LogP) is 5.67. The molecule has 0 heterocycles. The molecule has 0 aliphatic rings. The highest BCUT2D eigenvalue weighted by Gasteiger charge is 2.21. The minimum atomic E-state index is -0.0749. The Morgan fingerprint density at radius 3 is 1.68 bits per heavy atom. The molecule has 0 saturated carbocycles. The first-order valence-corrected chi connectivity index (χ1v) is 10.1. The summed E-state index contributed by atoms with van der Waals surface area (Å²) in [6, 6.07) is 0. The standard InChI is InChI=1S/C21H40O4/c1-16(2)24-20(22)15-13-11-9-7-8-10-12-14-18(5)19(6)21(23)25-17(3)4/h16-19H,7-15H2,1-6H3. The van der Waals surface area contributed by atoms with Gasteiger partial charge >= 0.3 is 11.9 Å². The Labute approximate surface area is 155 Å². The Morgan fingerprint density at radius 1 is 0.680 bits per heavy atom. The average molecular weight is 357 g/mol. The van der Waals surface area contributed by atoms with Crippen LogP contribution in [0.4, 0.5) is 0 Å². The third-order valence-electron chi connectivity index (χ3n) is 4.48. The highest BCUT2D eigenvalue weighted by atomic mass is 16.5. The van der Waals surface area contributed by atoms with E-state index in [4.69, 9.17) is 9.47 Å². The smallest absolute Gasteiger partial charge is 0.309 e. The van der Waals surface area contributed by atoms with Gasteiger partial charge in [0.25, 0.3) is 0 Å². The van der Waals surface area contributed by atoms with E-state index in [1.54, 1.807) is 0 Å². The Hall–Kier alpha value is -1.06. The molecule has 0 N–H and O–H groups in total. The van der Waals surface area contributed by atoms with E-state index >= 15 is 0 Å². The summed E-state index contributed by atoms with van der Waals surface area (Å²) in [7, 11) is 0. The van der Waals surface area contributed by atoms with Crippen molar-refractivity contribution in [3.05, 3.63) is 0 Å². The van der Waals surface area contributed by atoms with E-state index < -0.39 is 0 Å². The maximum absolute atomic E-state index is 11.9. The van der Waals surface area contributed by atoms with Gasteiger partial charge in [-0.1, -0.05) is 52.4 Å². The maximum atomic E-state index is 11.9. The van der Waals surface area contributed by atoms with Crippen LogP contribution in [0.3, 0.4) is 0 Å². The van der Waals surface area contributed by atoms with Crippen molar-refractivity contribution in [3.63, 3.8) is 0 Å². The van der Waals surface area contributed by atoms with Crippen LogP contribution in [0.15, 0.2) is 0 Å². The molecule has 4 heteroatoms. The highest BCUT2D eigenvalue weighted by Crippen LogP contribution is 2.21. The van der Waals surface area contributed by atoms with Crippen LogP contribution in [0.5, 0.6) is 0 Å². The minimum Gasteiger partial charge on any atom is -0.463 e. The second-order valence-corrected chi connectivity index (χ2v) is 7.80. The molecule has 0 fully saturated rings. The Kier molecular flexibility index (Phi) is 13.5. The quantitative estimate of drug-likeness (QED) is 0.297. The van der Waals surface area contributed by atoms with Crippen molar-refractivity contribution in [2.24, 2.45) is 11.8 Å². The van der Waals surface area contributed by atoms with E-state index in [-0.39, 0.29) is 30.1 Å². The number of esters is 2. The molecule has 25 heavy (non-hydrogen) atoms. The first-order chi connectivity index (χ1) is 11.7. The lowest BCUT2D eigenvalue weighted by Crippen LogP contribution is -2.24. The van der Waals surface area contributed by atoms with Gasteiger partial charge in [0.2, 0.25) is 0 Å². The van der Waals surface area contributed by atoms with Crippen molar-refractivity contribution >= 4 is 11.9 Å². The van der Waals surface area contributed by atoms with Gasteiger partial charge in [-0.15, -0.1) is 0 Å². The van der Waals surface area contributed by atoms with E-state index in [2.05, 4.69) is 6.92 Å². The van der Waals surface area contributed by atoms with E-state index in [0.29, 0.717) is 12.3 Å². The summed E-state index contributed by atoms with van der Waals surface area (Å²) in [6.07, 6.45) is 9.62. The number of rotatable bonds is 14. The fourth-order valence-electron chi connectivity index (χ4n) is 2.76. The molecule has 0 amide bonds. The van der Waals surface area contributed by atoms with Crippen LogP contribution in [0.2, 0.25) is 0 Å². The molecule has 0 aromatic heterocycles. The summed E-state index contributed by atoms with van der Waals surface area (Å²) in [6.45, 7) is 11.7. The summed E-state index contributed by atoms with van der Waals surface area (Å²) in [5.74, 6) is 0.207. The lowest BCUT2D eigenvalue weighted by Gasteiger charge is -2.20. The van der Waals surface area contributed by atoms with Crippen molar-refractivity contribution in [1.82, 2.24) is 0 Å². The predicted molar refractivity (Wildman–Crippen MR) is 102 cm³/mol. The molecule has 0 rings (SSSR count). The van der Waals surface area contributed by atoms with Gasteiger partial charge in [-0.25, -0.2) is 0 Å². The van der Waals surface area contributed by atoms with Crippen LogP contribution >= 0.6 is 0 Å². The molecule has 148 valence electrons. The van der Waals surface area contributed by atoms with E-state index in [9.17, 15) is 9.59 Å². The first-order valence-electron chi connectivity index (χ1n) is 10.1. The number of ether oxygens (including phenoxy) is 2. The van der Waals surface area contributed by atoms with Crippen LogP contribution < -0.4 is 0 Å². The summed E-state index contributed by atoms with van der Waals surface area (Å²) in [4.78, 5) is 23.3. The van der Waals surface area contributed by atoms with Crippen LogP contribution in [0.25, 0.3) is 0 Å². The van der Waals surface area contributed by atoms with Crippen molar-refractivity contribution < 1.29 is 19.1 Å². The Bertz CT molecular complexity index is 363. The molecule has 0 spiro atoms. The average Bonchev–Trinajstić information content (AvgIpc) is 2.50. The second kappa shape index (κ2) is 14.1. The zero-order valence-electron chi connectivity index (χ0n) is 17.3. The molecular weight excluding hydrogens is 316 g/mol. The molecule has 2 atom stereocenters. The third-order valence-corrected chi connectivity index (χ3v) is 4.48. The van der Waals surface area contributed by atoms with Crippen molar-refractivity contribution in [2.45, 2.75) is 112 Å². The molecule has 0 bridgehead atoms. The molecule has 0 aliphatic carbocycles. The number of unbranched alkanes of at least 4 members (excludes halogenated alkanes) is 6. The van der Waals surface area contributed by atoms with Gasteiger partial charge in [-0.2, -0.15) is 0 Å². The molecular formula is C21H40O4. The van der Waals surface area contributed by atoms with Crippen molar-refractivity contribution in [3.8, 4) is 0 Å². The zero-order chi connectivity index (χ0) is 19.2. The normalized spacial score (nSPS) is 13.8. The Balaban J connectivity index is 3.54. The highest BCUT2D eigenvalue weighted by molar-refractivity contribution is 5.72. The number of carbonyl (C=O) groups excluding carboxylic acids is 2. The van der Waals surface area contributed by atoms with Crippen LogP contribution in [0, 0.1) is 11.8 Å². The minimum absolute atomic E-state index is 0.00941. The SMILES string of the molecule is CC(C)OC(=O)CCCCCCCCCC(C)C(C)C(=O)OC(C)C. The molecule has 0 aromatic rings. The lowest BCUT2D eigenvalue weighted by atomic mass is 9.90. The first kappa shape index (κ1) is 23.9. The summed E-state index contributed by atoms with van der Waals surface area (Å²) in [5, 5.41) is 0. The van der Waals surface area contributed by atoms with E-state index in [1.165, 1.54) is 32.1 Å². The van der Waals surface area contributed by atoms with E-state index in [0.717, 1.165) is 19.3 Å². The summed E-state index contributed by atoms with van der Waals surface area (Å²) < 4.78 is 10.4. The third kappa shape index (κ3) is 13.9. The van der Waals surface area contributed by atoms with Gasteiger partial charge in [0.15, 0.2) is 0 Å². The number of hydrogen-bond acceptors (Lipinski definition) is 4. The summed E-state index contributed by atoms with van der Waals surface area (Å²) >= 11 is 0. The van der Waals surface area contributed by atoms with Gasteiger partial charge in [0.1, 0.15) is 0 Å². The van der Waals surface area contributed by atoms with Crippen LogP contribution in [-0.2, 0) is 19.1 Å². The monoisotopic (exact) mass is 356 g/mol. The molecule has 0 radical (unpaired) electrons. The van der Waals surface area contributed by atoms with Gasteiger partial charge in [-0.3, -0.25) is 9.59 Å². The number of carbonyl (C=O) groups is 2. The van der Waals surface area contributed by atoms with Crippen molar-refractivity contribution in [2.75, 3.05) is 0 Å². The molecule has 0 saturated heterocycles. The largest absolute Gasteiger partial charge is 0.463 e. The topological polar surface area (TPSA) is 52.6 Å². The fourth-order valence-corrected chi connectivity index (χ4v) is 2.76. The summed E-state index contributed by atoms with van der Waals surface area (Å²) in [5.41, 5.74) is 0. The Morgan fingerprint density at radius 2 is 1.16 bits per heavy atom.